The molecule has 1 aromatic heterocycles. The Hall–Kier alpha value is -2.67. The standard InChI is InChI=1S/C24H25BrFN5O4S/c1-12(32)28-14-7-15-10-35-11-16(8-14)31(15)9-19-20(24(33)34)21(17-3-2-13(26)6-18(17)25)30-22(29-19)23-27-4-5-36-23/h2-6,14-16,21H,7-11H2,1H3,(H,28,32)(H,29,30)(H,33,34)/t14-,15-,16+,21-/m0/s1. The largest absolute Gasteiger partial charge is 0.478 e. The van der Waals surface area contributed by atoms with E-state index in [9.17, 15) is 19.1 Å². The number of carbonyl (C=O) groups excluding carboxylic acids is 1. The molecule has 4 atom stereocenters. The van der Waals surface area contributed by atoms with E-state index in [0.29, 0.717) is 59.2 Å². The Morgan fingerprint density at radius 3 is 2.69 bits per heavy atom. The number of piperidine rings is 1. The van der Waals surface area contributed by atoms with E-state index in [1.807, 2.05) is 5.38 Å². The first-order valence-corrected chi connectivity index (χ1v) is 13.2. The van der Waals surface area contributed by atoms with Gasteiger partial charge in [-0.05, 0) is 30.5 Å². The molecule has 5 rings (SSSR count). The number of amides is 1. The van der Waals surface area contributed by atoms with Crippen LogP contribution in [-0.4, -0.2) is 70.6 Å². The van der Waals surface area contributed by atoms with E-state index in [2.05, 4.69) is 36.4 Å². The molecule has 3 N–H and O–H groups in total. The van der Waals surface area contributed by atoms with Gasteiger partial charge < -0.3 is 20.5 Å². The lowest BCUT2D eigenvalue weighted by atomic mass is 9.89. The van der Waals surface area contributed by atoms with Crippen LogP contribution in [0, 0.1) is 5.82 Å². The summed E-state index contributed by atoms with van der Waals surface area (Å²) in [6.07, 6.45) is 3.09. The topological polar surface area (TPSA) is 116 Å². The first-order valence-electron chi connectivity index (χ1n) is 11.6. The predicted molar refractivity (Wildman–Crippen MR) is 135 cm³/mol. The fourth-order valence-corrected chi connectivity index (χ4v) is 6.36. The number of carboxylic acids is 1. The van der Waals surface area contributed by atoms with Crippen molar-refractivity contribution >= 4 is 45.0 Å². The molecule has 2 saturated heterocycles. The third-order valence-corrected chi connectivity index (χ3v) is 8.13. The average Bonchev–Trinajstić information content (AvgIpc) is 3.33. The molecule has 0 unspecified atom stereocenters. The van der Waals surface area contributed by atoms with E-state index in [0.717, 1.165) is 0 Å². The van der Waals surface area contributed by atoms with E-state index in [1.54, 1.807) is 12.3 Å². The summed E-state index contributed by atoms with van der Waals surface area (Å²) < 4.78 is 20.1. The second-order valence-electron chi connectivity index (χ2n) is 9.09. The average molecular weight is 578 g/mol. The van der Waals surface area contributed by atoms with Gasteiger partial charge in [0.05, 0.1) is 18.8 Å². The summed E-state index contributed by atoms with van der Waals surface area (Å²) in [6.45, 7) is 2.86. The Morgan fingerprint density at radius 1 is 1.33 bits per heavy atom. The first-order chi connectivity index (χ1) is 17.3. The molecule has 2 bridgehead atoms. The van der Waals surface area contributed by atoms with E-state index in [4.69, 9.17) is 9.73 Å². The minimum Gasteiger partial charge on any atom is -0.478 e. The lowest BCUT2D eigenvalue weighted by Crippen LogP contribution is -2.61. The summed E-state index contributed by atoms with van der Waals surface area (Å²) in [7, 11) is 0. The van der Waals surface area contributed by atoms with Crippen LogP contribution in [0.2, 0.25) is 0 Å². The molecule has 0 spiro atoms. The highest BCUT2D eigenvalue weighted by molar-refractivity contribution is 9.10. The van der Waals surface area contributed by atoms with Crippen LogP contribution in [-0.2, 0) is 14.3 Å². The van der Waals surface area contributed by atoms with E-state index in [-0.39, 0.29) is 29.6 Å². The van der Waals surface area contributed by atoms with Crippen molar-refractivity contribution in [3.8, 4) is 0 Å². The van der Waals surface area contributed by atoms with Crippen molar-refractivity contribution in [2.45, 2.75) is 43.9 Å². The number of hydrogen-bond donors (Lipinski definition) is 3. The number of fused-ring (bicyclic) bond motifs is 2. The number of nitrogens with zero attached hydrogens (tertiary/aromatic N) is 3. The zero-order valence-electron chi connectivity index (χ0n) is 19.4. The second-order valence-corrected chi connectivity index (χ2v) is 10.8. The number of hydrogen-bond acceptors (Lipinski definition) is 8. The Morgan fingerprint density at radius 2 is 2.08 bits per heavy atom. The molecule has 12 heteroatoms. The summed E-state index contributed by atoms with van der Waals surface area (Å²) in [6, 6.07) is 3.41. The maximum absolute atomic E-state index is 13.8. The third kappa shape index (κ3) is 5.08. The van der Waals surface area contributed by atoms with Crippen LogP contribution in [0.25, 0.3) is 0 Å². The number of aliphatic carboxylic acids is 1. The molecule has 9 nitrogen and oxygen atoms in total. The van der Waals surface area contributed by atoms with Gasteiger partial charge in [0.2, 0.25) is 5.91 Å². The summed E-state index contributed by atoms with van der Waals surface area (Å²) in [5.74, 6) is -1.12. The van der Waals surface area contributed by atoms with Crippen molar-refractivity contribution in [1.82, 2.24) is 20.5 Å². The van der Waals surface area contributed by atoms with Gasteiger partial charge in [0.25, 0.3) is 0 Å². The fourth-order valence-electron chi connectivity index (χ4n) is 5.21. The molecule has 3 aliphatic rings. The molecule has 0 radical (unpaired) electrons. The highest BCUT2D eigenvalue weighted by Crippen LogP contribution is 2.37. The number of nitrogens with one attached hydrogen (secondary N) is 2. The molecule has 190 valence electrons. The van der Waals surface area contributed by atoms with Gasteiger partial charge in [-0.2, -0.15) is 0 Å². The number of amidine groups is 1. The Kier molecular flexibility index (Phi) is 7.20. The Bertz CT molecular complexity index is 1220. The first kappa shape index (κ1) is 25.0. The van der Waals surface area contributed by atoms with Gasteiger partial charge in [-0.25, -0.2) is 14.2 Å². The van der Waals surface area contributed by atoms with Crippen LogP contribution >= 0.6 is 27.3 Å². The number of aliphatic imine (C=N–C) groups is 1. The summed E-state index contributed by atoms with van der Waals surface area (Å²) >= 11 is 4.79. The van der Waals surface area contributed by atoms with Gasteiger partial charge in [-0.1, -0.05) is 22.0 Å². The molecule has 36 heavy (non-hydrogen) atoms. The zero-order valence-corrected chi connectivity index (χ0v) is 21.8. The second kappa shape index (κ2) is 10.4. The van der Waals surface area contributed by atoms with E-state index in [1.165, 1.54) is 30.4 Å². The number of carboxylic acid groups (broad SMARTS) is 1. The number of morpholine rings is 1. The molecule has 2 aromatic rings. The van der Waals surface area contributed by atoms with Crippen LogP contribution in [0.1, 0.15) is 36.4 Å². The number of thiazole rings is 1. The molecular formula is C24H25BrFN5O4S. The van der Waals surface area contributed by atoms with Crippen molar-refractivity contribution < 1.29 is 23.8 Å². The lowest BCUT2D eigenvalue weighted by molar-refractivity contribution is -0.133. The quantitative estimate of drug-likeness (QED) is 0.483. The Labute approximate surface area is 219 Å². The van der Waals surface area contributed by atoms with Gasteiger partial charge in [-0.3, -0.25) is 14.7 Å². The normalized spacial score (nSPS) is 26.2. The number of benzene rings is 1. The monoisotopic (exact) mass is 577 g/mol. The maximum atomic E-state index is 13.8. The predicted octanol–water partition coefficient (Wildman–Crippen LogP) is 2.84. The van der Waals surface area contributed by atoms with Crippen molar-refractivity contribution in [1.29, 1.82) is 0 Å². The highest BCUT2D eigenvalue weighted by Gasteiger charge is 2.41. The molecule has 4 heterocycles. The summed E-state index contributed by atoms with van der Waals surface area (Å²) in [4.78, 5) is 35.6. The van der Waals surface area contributed by atoms with Crippen molar-refractivity contribution in [3.63, 3.8) is 0 Å². The van der Waals surface area contributed by atoms with Gasteiger partial charge in [0.1, 0.15) is 11.9 Å². The molecule has 0 aliphatic carbocycles. The van der Waals surface area contributed by atoms with Crippen molar-refractivity contribution in [2.75, 3.05) is 19.8 Å². The zero-order chi connectivity index (χ0) is 25.4. The number of ether oxygens (including phenoxy) is 1. The van der Waals surface area contributed by atoms with Gasteiger partial charge >= 0.3 is 5.97 Å². The number of aromatic nitrogens is 1. The molecule has 1 aromatic carbocycles. The van der Waals surface area contributed by atoms with Crippen molar-refractivity contribution in [3.05, 3.63) is 61.9 Å². The Balaban J connectivity index is 1.53. The van der Waals surface area contributed by atoms with Gasteiger partial charge in [0.15, 0.2) is 10.8 Å². The van der Waals surface area contributed by atoms with Gasteiger partial charge in [-0.15, -0.1) is 11.3 Å². The number of rotatable bonds is 6. The summed E-state index contributed by atoms with van der Waals surface area (Å²) in [5, 5.41) is 19.0. The smallest absolute Gasteiger partial charge is 0.335 e. The van der Waals surface area contributed by atoms with E-state index >= 15 is 0 Å². The summed E-state index contributed by atoms with van der Waals surface area (Å²) in [5.41, 5.74) is 1.17. The lowest BCUT2D eigenvalue weighted by Gasteiger charge is -2.49. The molecule has 1 amide bonds. The van der Waals surface area contributed by atoms with Gasteiger partial charge in [0, 0.05) is 53.3 Å². The van der Waals surface area contributed by atoms with Crippen LogP contribution in [0.5, 0.6) is 0 Å². The van der Waals surface area contributed by atoms with Crippen LogP contribution < -0.4 is 10.6 Å². The van der Waals surface area contributed by atoms with Crippen LogP contribution in [0.4, 0.5) is 4.39 Å². The highest BCUT2D eigenvalue weighted by atomic mass is 79.9. The fraction of sp³-hybridized carbons (Fsp3) is 0.417. The molecule has 0 saturated carbocycles. The van der Waals surface area contributed by atoms with Crippen LogP contribution in [0.3, 0.4) is 0 Å². The number of halogens is 2. The minimum atomic E-state index is -1.10. The number of carbonyl (C=O) groups is 2. The van der Waals surface area contributed by atoms with E-state index < -0.39 is 17.8 Å². The van der Waals surface area contributed by atoms with Crippen LogP contribution in [0.15, 0.2) is 50.5 Å². The maximum Gasteiger partial charge on any atom is 0.335 e. The minimum absolute atomic E-state index is 0.0249. The molecule has 2 fully saturated rings. The third-order valence-electron chi connectivity index (χ3n) is 6.67. The molecule has 3 aliphatic heterocycles. The SMILES string of the molecule is CC(=O)N[C@H]1C[C@H]2COC[C@@H](C1)N2CC1=C(C(=O)O)[C@H](c2ccc(F)cc2Br)N=C(c2nccs2)N1. The molecular weight excluding hydrogens is 553 g/mol. The van der Waals surface area contributed by atoms with Crippen molar-refractivity contribution in [2.24, 2.45) is 4.99 Å².